The second kappa shape index (κ2) is 3.37. The van der Waals surface area contributed by atoms with Crippen LogP contribution < -0.4 is 5.32 Å². The summed E-state index contributed by atoms with van der Waals surface area (Å²) in [5.74, 6) is 4.03. The number of piperidine rings is 1. The summed E-state index contributed by atoms with van der Waals surface area (Å²) in [7, 11) is 0. The van der Waals surface area contributed by atoms with Gasteiger partial charge in [0.25, 0.3) is 0 Å². The van der Waals surface area contributed by atoms with Crippen molar-refractivity contribution in [3.63, 3.8) is 0 Å². The molecule has 1 nitrogen and oxygen atoms in total. The molecule has 72 valence electrons. The van der Waals surface area contributed by atoms with Crippen LogP contribution in [0.25, 0.3) is 0 Å². The van der Waals surface area contributed by atoms with Crippen LogP contribution in [0.15, 0.2) is 0 Å². The van der Waals surface area contributed by atoms with Gasteiger partial charge in [0.2, 0.25) is 0 Å². The Bertz CT molecular complexity index is 144. The van der Waals surface area contributed by atoms with E-state index in [0.717, 1.165) is 23.7 Å². The highest BCUT2D eigenvalue weighted by molar-refractivity contribution is 4.88. The predicted molar refractivity (Wildman–Crippen MR) is 54.1 cm³/mol. The van der Waals surface area contributed by atoms with Crippen molar-refractivity contribution in [1.82, 2.24) is 5.32 Å². The first-order chi connectivity index (χ1) is 5.77. The van der Waals surface area contributed by atoms with Crippen molar-refractivity contribution in [2.75, 3.05) is 13.1 Å². The molecule has 3 unspecified atom stereocenters. The monoisotopic (exact) mass is 169 g/mol. The number of hydrogen-bond acceptors (Lipinski definition) is 1. The fourth-order valence-electron chi connectivity index (χ4n) is 2.98. The van der Waals surface area contributed by atoms with Gasteiger partial charge in [0, 0.05) is 1.43 Å². The molecule has 1 heterocycles. The smallest absolute Gasteiger partial charge is 0 e. The summed E-state index contributed by atoms with van der Waals surface area (Å²) < 4.78 is 0. The Morgan fingerprint density at radius 1 is 1.25 bits per heavy atom. The minimum absolute atomic E-state index is 0. The van der Waals surface area contributed by atoms with E-state index in [-0.39, 0.29) is 1.43 Å². The fraction of sp³-hybridized carbons (Fsp3) is 1.00. The molecule has 0 spiro atoms. The van der Waals surface area contributed by atoms with Crippen LogP contribution >= 0.6 is 0 Å². The Kier molecular flexibility index (Phi) is 2.40. The summed E-state index contributed by atoms with van der Waals surface area (Å²) in [5.41, 5.74) is 0. The molecule has 1 aliphatic carbocycles. The summed E-state index contributed by atoms with van der Waals surface area (Å²) in [6.45, 7) is 7.34. The quantitative estimate of drug-likeness (QED) is 0.636. The Hall–Kier alpha value is -0.0400. The van der Waals surface area contributed by atoms with Gasteiger partial charge in [-0.2, -0.15) is 0 Å². The van der Waals surface area contributed by atoms with Gasteiger partial charge in [-0.3, -0.25) is 0 Å². The summed E-state index contributed by atoms with van der Waals surface area (Å²) >= 11 is 0. The molecular formula is C11H23N. The van der Waals surface area contributed by atoms with Gasteiger partial charge in [-0.15, -0.1) is 0 Å². The van der Waals surface area contributed by atoms with E-state index >= 15 is 0 Å². The summed E-state index contributed by atoms with van der Waals surface area (Å²) in [6, 6.07) is 0. The number of hydrogen-bond donors (Lipinski definition) is 1. The topological polar surface area (TPSA) is 12.0 Å². The Morgan fingerprint density at radius 2 is 2.00 bits per heavy atom. The van der Waals surface area contributed by atoms with Gasteiger partial charge in [-0.1, -0.05) is 13.8 Å². The van der Waals surface area contributed by atoms with Crippen molar-refractivity contribution in [3.05, 3.63) is 0 Å². The van der Waals surface area contributed by atoms with Crippen LogP contribution in [0.4, 0.5) is 0 Å². The van der Waals surface area contributed by atoms with Gasteiger partial charge in [-0.25, -0.2) is 0 Å². The SMILES string of the molecule is CC(C)C1CC2CCNCC2C1.[HH]. The zero-order chi connectivity index (χ0) is 8.55. The first kappa shape index (κ1) is 8.55. The van der Waals surface area contributed by atoms with Crippen LogP contribution in [0.3, 0.4) is 0 Å². The van der Waals surface area contributed by atoms with E-state index < -0.39 is 0 Å². The van der Waals surface area contributed by atoms with Gasteiger partial charge < -0.3 is 5.32 Å². The molecule has 0 amide bonds. The predicted octanol–water partition coefficient (Wildman–Crippen LogP) is 2.52. The molecule has 0 radical (unpaired) electrons. The Balaban J connectivity index is 0.000000845. The zero-order valence-electron chi connectivity index (χ0n) is 8.34. The molecule has 12 heavy (non-hydrogen) atoms. The molecule has 1 saturated carbocycles. The van der Waals surface area contributed by atoms with Gasteiger partial charge in [0.15, 0.2) is 0 Å². The maximum atomic E-state index is 3.52. The second-order valence-electron chi connectivity index (χ2n) is 4.99. The second-order valence-corrected chi connectivity index (χ2v) is 4.99. The first-order valence-electron chi connectivity index (χ1n) is 5.48. The van der Waals surface area contributed by atoms with Crippen molar-refractivity contribution < 1.29 is 1.43 Å². The molecule has 1 saturated heterocycles. The molecular weight excluding hydrogens is 146 g/mol. The maximum Gasteiger partial charge on any atom is 0 e. The van der Waals surface area contributed by atoms with Crippen LogP contribution in [0, 0.1) is 23.7 Å². The molecule has 2 aliphatic rings. The van der Waals surface area contributed by atoms with E-state index in [1.54, 1.807) is 0 Å². The molecule has 1 N–H and O–H groups in total. The lowest BCUT2D eigenvalue weighted by atomic mass is 9.90. The van der Waals surface area contributed by atoms with Crippen molar-refractivity contribution in [3.8, 4) is 0 Å². The molecule has 0 aromatic heterocycles. The average Bonchev–Trinajstić information content (AvgIpc) is 2.46. The summed E-state index contributed by atoms with van der Waals surface area (Å²) in [4.78, 5) is 0. The van der Waals surface area contributed by atoms with Crippen molar-refractivity contribution in [1.29, 1.82) is 0 Å². The van der Waals surface area contributed by atoms with Crippen LogP contribution in [0.1, 0.15) is 34.5 Å². The van der Waals surface area contributed by atoms with Crippen LogP contribution in [0.5, 0.6) is 0 Å². The molecule has 0 aromatic rings. The minimum atomic E-state index is 0. The van der Waals surface area contributed by atoms with Crippen LogP contribution in [-0.2, 0) is 0 Å². The van der Waals surface area contributed by atoms with Gasteiger partial charge in [0.1, 0.15) is 0 Å². The van der Waals surface area contributed by atoms with Crippen molar-refractivity contribution >= 4 is 0 Å². The van der Waals surface area contributed by atoms with Crippen molar-refractivity contribution in [2.24, 2.45) is 23.7 Å². The van der Waals surface area contributed by atoms with E-state index in [1.165, 1.54) is 32.4 Å². The summed E-state index contributed by atoms with van der Waals surface area (Å²) in [5, 5.41) is 3.52. The molecule has 0 aromatic carbocycles. The molecule has 2 fully saturated rings. The lowest BCUT2D eigenvalue weighted by Crippen LogP contribution is -2.33. The highest BCUT2D eigenvalue weighted by Gasteiger charge is 2.36. The maximum absolute atomic E-state index is 3.52. The van der Waals surface area contributed by atoms with Gasteiger partial charge in [-0.05, 0) is 56.0 Å². The largest absolute Gasteiger partial charge is 0.316 e. The molecule has 0 bridgehead atoms. The van der Waals surface area contributed by atoms with Crippen LogP contribution in [-0.4, -0.2) is 13.1 Å². The zero-order valence-corrected chi connectivity index (χ0v) is 8.34. The van der Waals surface area contributed by atoms with E-state index in [1.807, 2.05) is 0 Å². The first-order valence-corrected chi connectivity index (χ1v) is 5.48. The lowest BCUT2D eigenvalue weighted by molar-refractivity contribution is 0.295. The minimum Gasteiger partial charge on any atom is -0.316 e. The third kappa shape index (κ3) is 1.52. The summed E-state index contributed by atoms with van der Waals surface area (Å²) in [6.07, 6.45) is 4.45. The van der Waals surface area contributed by atoms with E-state index in [4.69, 9.17) is 0 Å². The van der Waals surface area contributed by atoms with Gasteiger partial charge >= 0.3 is 0 Å². The van der Waals surface area contributed by atoms with Crippen molar-refractivity contribution in [2.45, 2.75) is 33.1 Å². The van der Waals surface area contributed by atoms with E-state index in [0.29, 0.717) is 0 Å². The molecule has 1 aliphatic heterocycles. The molecule has 3 atom stereocenters. The highest BCUT2D eigenvalue weighted by Crippen LogP contribution is 2.42. The van der Waals surface area contributed by atoms with E-state index in [2.05, 4.69) is 19.2 Å². The average molecular weight is 169 g/mol. The van der Waals surface area contributed by atoms with E-state index in [9.17, 15) is 0 Å². The Labute approximate surface area is 77.4 Å². The standard InChI is InChI=1S/C11H21N.H2/c1-8(2)10-5-9-3-4-12-7-11(9)6-10;/h8-12H,3-7H2,1-2H3;1H. The third-order valence-corrected chi connectivity index (χ3v) is 3.92. The lowest BCUT2D eigenvalue weighted by Gasteiger charge is -2.25. The normalized spacial score (nSPS) is 41.8. The molecule has 2 rings (SSSR count). The van der Waals surface area contributed by atoms with Crippen LogP contribution in [0.2, 0.25) is 0 Å². The fourth-order valence-corrected chi connectivity index (χ4v) is 2.98. The third-order valence-electron chi connectivity index (χ3n) is 3.92. The molecule has 1 heteroatoms. The van der Waals surface area contributed by atoms with Gasteiger partial charge in [0.05, 0.1) is 0 Å². The Morgan fingerprint density at radius 3 is 2.67 bits per heavy atom. The highest BCUT2D eigenvalue weighted by atomic mass is 14.9. The number of fused-ring (bicyclic) bond motifs is 1. The number of nitrogens with one attached hydrogen (secondary N) is 1. The number of rotatable bonds is 1.